The number of hydrogen-bond donors (Lipinski definition) is 0. The summed E-state index contributed by atoms with van der Waals surface area (Å²) in [6, 6.07) is 1.81. The van der Waals surface area contributed by atoms with Gasteiger partial charge in [-0.2, -0.15) is 0 Å². The Hall–Kier alpha value is -0.940. The summed E-state index contributed by atoms with van der Waals surface area (Å²) in [5.41, 5.74) is 0. The second-order valence-electron chi connectivity index (χ2n) is 2.25. The zero-order chi connectivity index (χ0) is 8.93. The molecule has 2 heterocycles. The van der Waals surface area contributed by atoms with Crippen LogP contribution in [0.15, 0.2) is 35.2 Å². The third kappa shape index (κ3) is 2.50. The summed E-state index contributed by atoms with van der Waals surface area (Å²) in [7, 11) is 0. The molecular weight excluding hydrogens is 202 g/mol. The van der Waals surface area contributed by atoms with Gasteiger partial charge in [-0.15, -0.1) is 11.3 Å². The molecule has 13 heavy (non-hydrogen) atoms. The largest absolute Gasteiger partial charge is 0.249 e. The third-order valence-corrected chi connectivity index (χ3v) is 3.20. The van der Waals surface area contributed by atoms with Gasteiger partial charge in [0.05, 0.1) is 5.75 Å². The van der Waals surface area contributed by atoms with E-state index >= 15 is 0 Å². The van der Waals surface area contributed by atoms with Crippen LogP contribution in [-0.4, -0.2) is 15.0 Å². The molecule has 0 aliphatic heterocycles. The Labute approximate surface area is 84.3 Å². The number of rotatable bonds is 3. The fourth-order valence-corrected chi connectivity index (χ4v) is 2.26. The number of nitrogens with zero attached hydrogens (tertiary/aromatic N) is 3. The molecule has 66 valence electrons. The van der Waals surface area contributed by atoms with E-state index in [4.69, 9.17) is 0 Å². The van der Waals surface area contributed by atoms with Gasteiger partial charge < -0.3 is 0 Å². The molecule has 0 amide bonds. The van der Waals surface area contributed by atoms with Crippen LogP contribution in [0.25, 0.3) is 0 Å². The van der Waals surface area contributed by atoms with E-state index in [1.807, 2.05) is 17.6 Å². The molecule has 0 aliphatic rings. The van der Waals surface area contributed by atoms with Crippen LogP contribution in [0.4, 0.5) is 0 Å². The van der Waals surface area contributed by atoms with Crippen LogP contribution in [0.3, 0.4) is 0 Å². The molecule has 0 spiro atoms. The second kappa shape index (κ2) is 4.34. The van der Waals surface area contributed by atoms with E-state index in [1.54, 1.807) is 35.5 Å². The second-order valence-corrected chi connectivity index (χ2v) is 4.17. The Balaban J connectivity index is 1.94. The summed E-state index contributed by atoms with van der Waals surface area (Å²) in [5, 5.41) is 3.89. The molecule has 0 unspecified atom stereocenters. The zero-order valence-electron chi connectivity index (χ0n) is 6.75. The molecular formula is C8H7N3S2. The SMILES string of the molecule is c1cnc(SCc2nccs2)nc1. The van der Waals surface area contributed by atoms with Crippen molar-refractivity contribution in [1.29, 1.82) is 0 Å². The smallest absolute Gasteiger partial charge is 0.187 e. The average molecular weight is 209 g/mol. The van der Waals surface area contributed by atoms with E-state index in [1.165, 1.54) is 0 Å². The quantitative estimate of drug-likeness (QED) is 0.574. The third-order valence-electron chi connectivity index (χ3n) is 1.35. The maximum Gasteiger partial charge on any atom is 0.187 e. The van der Waals surface area contributed by atoms with Crippen molar-refractivity contribution in [2.75, 3.05) is 0 Å². The molecule has 2 rings (SSSR count). The van der Waals surface area contributed by atoms with Crippen molar-refractivity contribution in [2.45, 2.75) is 10.9 Å². The van der Waals surface area contributed by atoms with E-state index < -0.39 is 0 Å². The summed E-state index contributed by atoms with van der Waals surface area (Å²) in [6.07, 6.45) is 5.31. The Morgan fingerprint density at radius 1 is 1.15 bits per heavy atom. The molecule has 5 heteroatoms. The highest BCUT2D eigenvalue weighted by molar-refractivity contribution is 7.98. The number of thioether (sulfide) groups is 1. The molecule has 0 saturated heterocycles. The van der Waals surface area contributed by atoms with Gasteiger partial charge in [-0.1, -0.05) is 11.8 Å². The fourth-order valence-electron chi connectivity index (χ4n) is 0.810. The summed E-state index contributed by atoms with van der Waals surface area (Å²) >= 11 is 3.26. The lowest BCUT2D eigenvalue weighted by atomic mass is 10.7. The first-order valence-corrected chi connectivity index (χ1v) is 5.60. The van der Waals surface area contributed by atoms with E-state index in [0.717, 1.165) is 15.9 Å². The van der Waals surface area contributed by atoms with Crippen LogP contribution in [0.1, 0.15) is 5.01 Å². The fraction of sp³-hybridized carbons (Fsp3) is 0.125. The van der Waals surface area contributed by atoms with Crippen molar-refractivity contribution in [3.63, 3.8) is 0 Å². The normalized spacial score (nSPS) is 10.2. The predicted molar refractivity (Wildman–Crippen MR) is 53.7 cm³/mol. The van der Waals surface area contributed by atoms with Crippen LogP contribution in [0, 0.1) is 0 Å². The lowest BCUT2D eigenvalue weighted by Crippen LogP contribution is -1.84. The van der Waals surface area contributed by atoms with Crippen LogP contribution in [0.2, 0.25) is 0 Å². The number of thiazole rings is 1. The molecule has 0 bridgehead atoms. The lowest BCUT2D eigenvalue weighted by Gasteiger charge is -1.94. The van der Waals surface area contributed by atoms with Crippen molar-refractivity contribution >= 4 is 23.1 Å². The van der Waals surface area contributed by atoms with Gasteiger partial charge in [-0.05, 0) is 6.07 Å². The van der Waals surface area contributed by atoms with Crippen molar-refractivity contribution in [1.82, 2.24) is 15.0 Å². The Morgan fingerprint density at radius 2 is 2.00 bits per heavy atom. The van der Waals surface area contributed by atoms with Gasteiger partial charge in [0.1, 0.15) is 5.01 Å². The van der Waals surface area contributed by atoms with E-state index in [9.17, 15) is 0 Å². The van der Waals surface area contributed by atoms with E-state index in [0.29, 0.717) is 0 Å². The number of hydrogen-bond acceptors (Lipinski definition) is 5. The van der Waals surface area contributed by atoms with E-state index in [-0.39, 0.29) is 0 Å². The number of aromatic nitrogens is 3. The Morgan fingerprint density at radius 3 is 2.69 bits per heavy atom. The van der Waals surface area contributed by atoms with Gasteiger partial charge in [-0.25, -0.2) is 15.0 Å². The molecule has 0 N–H and O–H groups in total. The van der Waals surface area contributed by atoms with Crippen molar-refractivity contribution in [3.8, 4) is 0 Å². The summed E-state index contributed by atoms with van der Waals surface area (Å²) in [6.45, 7) is 0. The lowest BCUT2D eigenvalue weighted by molar-refractivity contribution is 0.966. The molecule has 0 aliphatic carbocycles. The van der Waals surface area contributed by atoms with Crippen LogP contribution in [0.5, 0.6) is 0 Å². The van der Waals surface area contributed by atoms with Crippen LogP contribution >= 0.6 is 23.1 Å². The first-order chi connectivity index (χ1) is 6.45. The highest BCUT2D eigenvalue weighted by atomic mass is 32.2. The Bertz CT molecular complexity index is 347. The molecule has 0 atom stereocenters. The zero-order valence-corrected chi connectivity index (χ0v) is 8.38. The van der Waals surface area contributed by atoms with Gasteiger partial charge >= 0.3 is 0 Å². The highest BCUT2D eigenvalue weighted by Gasteiger charge is 1.98. The predicted octanol–water partition coefficient (Wildman–Crippen LogP) is 2.23. The topological polar surface area (TPSA) is 38.7 Å². The summed E-state index contributed by atoms with van der Waals surface area (Å²) in [4.78, 5) is 12.4. The Kier molecular flexibility index (Phi) is 2.89. The first-order valence-electron chi connectivity index (χ1n) is 3.73. The van der Waals surface area contributed by atoms with Crippen LogP contribution in [-0.2, 0) is 5.75 Å². The van der Waals surface area contributed by atoms with Gasteiger partial charge in [0.25, 0.3) is 0 Å². The highest BCUT2D eigenvalue weighted by Crippen LogP contribution is 2.19. The summed E-state index contributed by atoms with van der Waals surface area (Å²) in [5.74, 6) is 0.849. The van der Waals surface area contributed by atoms with Gasteiger partial charge in [0.2, 0.25) is 0 Å². The van der Waals surface area contributed by atoms with Crippen molar-refractivity contribution in [2.24, 2.45) is 0 Å². The van der Waals surface area contributed by atoms with Gasteiger partial charge in [0, 0.05) is 24.0 Å². The van der Waals surface area contributed by atoms with Crippen LogP contribution < -0.4 is 0 Å². The van der Waals surface area contributed by atoms with Gasteiger partial charge in [0.15, 0.2) is 5.16 Å². The first kappa shape index (κ1) is 8.65. The maximum atomic E-state index is 4.17. The monoisotopic (exact) mass is 209 g/mol. The average Bonchev–Trinajstić information content (AvgIpc) is 2.69. The van der Waals surface area contributed by atoms with Crippen molar-refractivity contribution < 1.29 is 0 Å². The minimum absolute atomic E-state index is 0.803. The molecule has 0 aromatic carbocycles. The molecule has 0 fully saturated rings. The standard InChI is InChI=1S/C8H7N3S2/c1-2-10-8(11-3-1)13-6-7-9-4-5-12-7/h1-5H,6H2. The van der Waals surface area contributed by atoms with Crippen molar-refractivity contribution in [3.05, 3.63) is 35.0 Å². The molecule has 3 nitrogen and oxygen atoms in total. The minimum Gasteiger partial charge on any atom is -0.249 e. The van der Waals surface area contributed by atoms with E-state index in [2.05, 4.69) is 15.0 Å². The molecule has 0 saturated carbocycles. The molecule has 0 radical (unpaired) electrons. The minimum atomic E-state index is 0.803. The maximum absolute atomic E-state index is 4.17. The summed E-state index contributed by atoms with van der Waals surface area (Å²) < 4.78 is 0. The molecule has 2 aromatic rings. The van der Waals surface area contributed by atoms with Gasteiger partial charge in [-0.3, -0.25) is 0 Å². The molecule has 2 aromatic heterocycles.